The molecule has 19 nitrogen and oxygen atoms in total. The highest BCUT2D eigenvalue weighted by atomic mass is 35.5. The number of benzene rings is 2. The first-order chi connectivity index (χ1) is 25.5. The number of hydrogen-bond acceptors (Lipinski definition) is 15. The molecular formula is C33H39ClN8O11. The van der Waals surface area contributed by atoms with E-state index in [0.717, 1.165) is 35.1 Å². The summed E-state index contributed by atoms with van der Waals surface area (Å²) in [4.78, 5) is 60.2. The van der Waals surface area contributed by atoms with E-state index in [0.29, 0.717) is 18.1 Å². The van der Waals surface area contributed by atoms with E-state index < -0.39 is 47.2 Å². The summed E-state index contributed by atoms with van der Waals surface area (Å²) < 4.78 is 17.7. The number of rotatable bonds is 21. The van der Waals surface area contributed by atoms with Crippen LogP contribution in [0.25, 0.3) is 22.5 Å². The van der Waals surface area contributed by atoms with Gasteiger partial charge in [-0.2, -0.15) is 0 Å². The minimum atomic E-state index is -1.34. The standard InChI is InChI=1S/C33H39ClN8O11/c1-4-5-13-27-35-29(34)28(40(27)19-22-14-16-23(17-15-22)25-11-6-7-12-26(25)30-36-38-39-37-30)31(43)51-32(21(2)3)52-33(44)49-18-9-8-10-24(53-42(47)48)20-50-41(45)46/h6-7,11-12,14-17,21,24,32H,4-5,8-10,13,18-20H2,1-3H3,(H,36,37,38,39)/t24-,32?/m0/s1. The van der Waals surface area contributed by atoms with Crippen LogP contribution in [-0.2, 0) is 36.9 Å². The Morgan fingerprint density at radius 2 is 1.72 bits per heavy atom. The van der Waals surface area contributed by atoms with E-state index in [1.165, 1.54) is 0 Å². The fourth-order valence-corrected chi connectivity index (χ4v) is 5.47. The molecule has 0 saturated carbocycles. The third kappa shape index (κ3) is 11.8. The van der Waals surface area contributed by atoms with Crippen LogP contribution in [0, 0.1) is 26.1 Å². The molecule has 0 spiro atoms. The molecule has 0 aliphatic carbocycles. The van der Waals surface area contributed by atoms with Crippen molar-refractivity contribution >= 4 is 23.7 Å². The van der Waals surface area contributed by atoms with Crippen molar-refractivity contribution < 1.29 is 43.6 Å². The monoisotopic (exact) mass is 758 g/mol. The van der Waals surface area contributed by atoms with E-state index in [9.17, 15) is 29.8 Å². The fourth-order valence-electron chi connectivity index (χ4n) is 5.19. The second kappa shape index (κ2) is 19.7. The molecule has 0 aliphatic rings. The second-order valence-corrected chi connectivity index (χ2v) is 12.4. The number of hydrogen-bond donors (Lipinski definition) is 1. The van der Waals surface area contributed by atoms with Gasteiger partial charge < -0.3 is 28.5 Å². The molecule has 20 heteroatoms. The SMILES string of the molecule is CCCCc1nc(Cl)c(C(=O)OC(OC(=O)OCCCC[C@@H](CO[N+](=O)[O-])O[N+](=O)[O-])C(C)C)n1Cc1ccc(-c2ccccc2-c2nnn[nH]2)cc1. The van der Waals surface area contributed by atoms with Gasteiger partial charge in [-0.1, -0.05) is 87.3 Å². The maximum Gasteiger partial charge on any atom is 0.511 e. The Labute approximate surface area is 308 Å². The molecule has 4 aromatic rings. The molecule has 1 N–H and O–H groups in total. The van der Waals surface area contributed by atoms with E-state index in [2.05, 4.69) is 35.3 Å². The predicted molar refractivity (Wildman–Crippen MR) is 185 cm³/mol. The van der Waals surface area contributed by atoms with Crippen molar-refractivity contribution in [3.8, 4) is 22.5 Å². The Balaban J connectivity index is 1.41. The number of aromatic nitrogens is 6. The quantitative estimate of drug-likeness (QED) is 0.0336. The molecule has 284 valence electrons. The van der Waals surface area contributed by atoms with Gasteiger partial charge in [-0.3, -0.25) is 0 Å². The average molecular weight is 759 g/mol. The summed E-state index contributed by atoms with van der Waals surface area (Å²) in [5.41, 5.74) is 3.54. The number of nitrogens with zero attached hydrogens (tertiary/aromatic N) is 7. The van der Waals surface area contributed by atoms with Crippen LogP contribution in [0.2, 0.25) is 5.15 Å². The van der Waals surface area contributed by atoms with Crippen LogP contribution in [0.15, 0.2) is 48.5 Å². The number of ether oxygens (including phenoxy) is 3. The number of esters is 1. The van der Waals surface area contributed by atoms with Gasteiger partial charge in [-0.15, -0.1) is 25.3 Å². The minimum Gasteiger partial charge on any atom is -0.434 e. The van der Waals surface area contributed by atoms with Gasteiger partial charge in [0.15, 0.2) is 16.7 Å². The van der Waals surface area contributed by atoms with E-state index >= 15 is 0 Å². The van der Waals surface area contributed by atoms with Gasteiger partial charge in [0.05, 0.1) is 6.61 Å². The van der Waals surface area contributed by atoms with Crippen molar-refractivity contribution in [1.82, 2.24) is 30.2 Å². The van der Waals surface area contributed by atoms with Crippen LogP contribution in [-0.4, -0.2) is 78.1 Å². The fraction of sp³-hybridized carbons (Fsp3) is 0.455. The van der Waals surface area contributed by atoms with Gasteiger partial charge in [-0.05, 0) is 52.8 Å². The van der Waals surface area contributed by atoms with Crippen molar-refractivity contribution in [3.05, 3.63) is 91.0 Å². The molecule has 2 aromatic heterocycles. The lowest BCUT2D eigenvalue weighted by molar-refractivity contribution is -0.790. The lowest BCUT2D eigenvalue weighted by Crippen LogP contribution is -2.31. The van der Waals surface area contributed by atoms with Gasteiger partial charge in [0.2, 0.25) is 0 Å². The van der Waals surface area contributed by atoms with E-state index in [1.807, 2.05) is 55.5 Å². The molecule has 0 amide bonds. The van der Waals surface area contributed by atoms with E-state index in [-0.39, 0.29) is 43.3 Å². The first-order valence-electron chi connectivity index (χ1n) is 16.8. The van der Waals surface area contributed by atoms with E-state index in [1.54, 1.807) is 18.4 Å². The number of carbonyl (C=O) groups excluding carboxylic acids is 2. The normalized spacial score (nSPS) is 12.2. The minimum absolute atomic E-state index is 0.000171. The highest BCUT2D eigenvalue weighted by Gasteiger charge is 2.30. The molecule has 0 fully saturated rings. The van der Waals surface area contributed by atoms with Crippen LogP contribution in [0.1, 0.15) is 74.8 Å². The van der Waals surface area contributed by atoms with Gasteiger partial charge in [-0.25, -0.2) is 19.7 Å². The second-order valence-electron chi connectivity index (χ2n) is 12.0. The highest BCUT2D eigenvalue weighted by Crippen LogP contribution is 2.30. The van der Waals surface area contributed by atoms with E-state index in [4.69, 9.17) is 25.8 Å². The summed E-state index contributed by atoms with van der Waals surface area (Å²) in [5, 5.41) is 33.0. The Morgan fingerprint density at radius 3 is 2.36 bits per heavy atom. The summed E-state index contributed by atoms with van der Waals surface area (Å²) in [6.45, 7) is 4.86. The smallest absolute Gasteiger partial charge is 0.434 e. The maximum atomic E-state index is 13.7. The zero-order chi connectivity index (χ0) is 38.3. The number of aromatic amines is 1. The summed E-state index contributed by atoms with van der Waals surface area (Å²) in [5.74, 6) is -0.203. The molecule has 2 aromatic carbocycles. The van der Waals surface area contributed by atoms with Gasteiger partial charge in [0.1, 0.15) is 18.5 Å². The summed E-state index contributed by atoms with van der Waals surface area (Å²) >= 11 is 6.54. The molecule has 0 radical (unpaired) electrons. The number of H-pyrrole nitrogens is 1. The number of aryl methyl sites for hydroxylation is 1. The Morgan fingerprint density at radius 1 is 0.981 bits per heavy atom. The Bertz CT molecular complexity index is 1820. The molecule has 0 bridgehead atoms. The number of imidazole rings is 1. The summed E-state index contributed by atoms with van der Waals surface area (Å²) in [7, 11) is 0. The zero-order valence-corrected chi connectivity index (χ0v) is 30.0. The number of nitrogens with one attached hydrogen (secondary N) is 1. The van der Waals surface area contributed by atoms with Gasteiger partial charge in [0.25, 0.3) is 16.5 Å². The lowest BCUT2D eigenvalue weighted by atomic mass is 9.98. The third-order valence-corrected chi connectivity index (χ3v) is 8.07. The number of carbonyl (C=O) groups is 2. The predicted octanol–water partition coefficient (Wildman–Crippen LogP) is 6.02. The van der Waals surface area contributed by atoms with Crippen LogP contribution in [0.3, 0.4) is 0 Å². The van der Waals surface area contributed by atoms with Gasteiger partial charge >= 0.3 is 12.1 Å². The first-order valence-corrected chi connectivity index (χ1v) is 17.1. The molecule has 2 atom stereocenters. The largest absolute Gasteiger partial charge is 0.511 e. The molecular weight excluding hydrogens is 720 g/mol. The topological polar surface area (TPSA) is 239 Å². The molecule has 2 heterocycles. The lowest BCUT2D eigenvalue weighted by Gasteiger charge is -2.21. The highest BCUT2D eigenvalue weighted by molar-refractivity contribution is 6.32. The zero-order valence-electron chi connectivity index (χ0n) is 29.2. The third-order valence-electron chi connectivity index (χ3n) is 7.81. The Kier molecular flexibility index (Phi) is 14.8. The van der Waals surface area contributed by atoms with Crippen LogP contribution in [0.4, 0.5) is 4.79 Å². The molecule has 1 unspecified atom stereocenters. The van der Waals surface area contributed by atoms with Crippen LogP contribution in [0.5, 0.6) is 0 Å². The number of unbranched alkanes of at least 4 members (excludes halogenated alkanes) is 2. The first kappa shape index (κ1) is 39.9. The number of halogens is 1. The maximum absolute atomic E-state index is 13.7. The van der Waals surface area contributed by atoms with Crippen LogP contribution < -0.4 is 0 Å². The molecule has 0 aliphatic heterocycles. The summed E-state index contributed by atoms with van der Waals surface area (Å²) in [6.07, 6.45) is -0.915. The van der Waals surface area contributed by atoms with Gasteiger partial charge in [0, 0.05) is 24.4 Å². The molecule has 0 saturated heterocycles. The van der Waals surface area contributed by atoms with Crippen molar-refractivity contribution in [3.63, 3.8) is 0 Å². The Hall–Kier alpha value is -5.85. The number of tetrazole rings is 1. The molecule has 4 rings (SSSR count). The average Bonchev–Trinajstić information content (AvgIpc) is 3.77. The summed E-state index contributed by atoms with van der Waals surface area (Å²) in [6, 6.07) is 15.5. The van der Waals surface area contributed by atoms with Crippen molar-refractivity contribution in [2.75, 3.05) is 13.2 Å². The van der Waals surface area contributed by atoms with Crippen LogP contribution >= 0.6 is 11.6 Å². The van der Waals surface area contributed by atoms with Crippen molar-refractivity contribution in [1.29, 1.82) is 0 Å². The van der Waals surface area contributed by atoms with Crippen molar-refractivity contribution in [2.45, 2.75) is 78.2 Å². The molecule has 53 heavy (non-hydrogen) atoms. The van der Waals surface area contributed by atoms with Crippen molar-refractivity contribution in [2.24, 2.45) is 5.92 Å².